The van der Waals surface area contributed by atoms with Crippen molar-refractivity contribution in [3.8, 4) is 0 Å². The first-order valence-electron chi connectivity index (χ1n) is 5.84. The van der Waals surface area contributed by atoms with Gasteiger partial charge >= 0.3 is 5.88 Å². The third kappa shape index (κ3) is 3.19. The first-order chi connectivity index (χ1) is 7.68. The number of anilines is 1. The Morgan fingerprint density at radius 2 is 2.06 bits per heavy atom. The number of hydrogen-bond acceptors (Lipinski definition) is 3. The molecule has 1 aliphatic carbocycles. The molecule has 0 bridgehead atoms. The van der Waals surface area contributed by atoms with Crippen LogP contribution in [0.4, 0.5) is 5.88 Å². The second kappa shape index (κ2) is 6.00. The van der Waals surface area contributed by atoms with Gasteiger partial charge in [0.15, 0.2) is 6.04 Å². The molecule has 0 radical (unpaired) electrons. The molecule has 1 saturated carbocycles. The Labute approximate surface area is 107 Å². The highest BCUT2D eigenvalue weighted by Crippen LogP contribution is 2.24. The average Bonchev–Trinajstić information content (AvgIpc) is 2.61. The summed E-state index contributed by atoms with van der Waals surface area (Å²) in [6.45, 7) is 3.39. The van der Waals surface area contributed by atoms with Gasteiger partial charge in [-0.3, -0.25) is 14.6 Å². The van der Waals surface area contributed by atoms with Crippen LogP contribution in [-0.2, 0) is 4.79 Å². The predicted molar refractivity (Wildman–Crippen MR) is 57.9 cm³/mol. The molecule has 1 aromatic rings. The summed E-state index contributed by atoms with van der Waals surface area (Å²) >= 11 is 0. The summed E-state index contributed by atoms with van der Waals surface area (Å²) in [6, 6.07) is 0.431. The van der Waals surface area contributed by atoms with Crippen LogP contribution in [0.15, 0.2) is 4.52 Å². The smallest absolute Gasteiger partial charge is 0.305 e. The number of halogens is 1. The summed E-state index contributed by atoms with van der Waals surface area (Å²) in [7, 11) is 0. The minimum Gasteiger partial charge on any atom is -1.00 e. The maximum atomic E-state index is 10.9. The number of rotatable bonds is 2. The van der Waals surface area contributed by atoms with Gasteiger partial charge in [0.05, 0.1) is 0 Å². The molecule has 1 fully saturated rings. The molecule has 96 valence electrons. The second-order valence-electron chi connectivity index (χ2n) is 4.41. The van der Waals surface area contributed by atoms with Crippen molar-refractivity contribution in [2.24, 2.45) is 0 Å². The Kier molecular flexibility index (Phi) is 4.93. The molecule has 0 saturated heterocycles. The van der Waals surface area contributed by atoms with Gasteiger partial charge in [-0.15, -0.1) is 0 Å². The average molecular weight is 260 g/mol. The van der Waals surface area contributed by atoms with Crippen LogP contribution in [0, 0.1) is 6.92 Å². The van der Waals surface area contributed by atoms with Crippen molar-refractivity contribution in [1.29, 1.82) is 0 Å². The van der Waals surface area contributed by atoms with Gasteiger partial charge in [0.1, 0.15) is 0 Å². The van der Waals surface area contributed by atoms with E-state index < -0.39 is 0 Å². The molecule has 1 aromatic heterocycles. The molecule has 1 aliphatic rings. The Balaban J connectivity index is 0.00000144. The predicted octanol–water partition coefficient (Wildman–Crippen LogP) is -1.26. The van der Waals surface area contributed by atoms with Gasteiger partial charge in [-0.25, -0.2) is 0 Å². The zero-order valence-electron chi connectivity index (χ0n) is 10.2. The molecule has 17 heavy (non-hydrogen) atoms. The van der Waals surface area contributed by atoms with Gasteiger partial charge in [-0.2, -0.15) is 0 Å². The Hall–Kier alpha value is -1.10. The number of carbonyl (C=O) groups excluding carboxylic acids is 1. The van der Waals surface area contributed by atoms with Gasteiger partial charge in [0, 0.05) is 26.7 Å². The molecular weight excluding hydrogens is 242 g/mol. The molecule has 0 spiro atoms. The van der Waals surface area contributed by atoms with Crippen LogP contribution < -0.4 is 22.4 Å². The number of hydrogen-bond donors (Lipinski definition) is 1. The number of carbonyl (C=O) groups is 1. The van der Waals surface area contributed by atoms with E-state index in [-0.39, 0.29) is 18.3 Å². The minimum absolute atomic E-state index is 0. The second-order valence-corrected chi connectivity index (χ2v) is 4.41. The lowest BCUT2D eigenvalue weighted by Gasteiger charge is -2.13. The van der Waals surface area contributed by atoms with Crippen LogP contribution in [-0.4, -0.2) is 11.2 Å². The summed E-state index contributed by atoms with van der Waals surface area (Å²) in [4.78, 5) is 10.9. The molecule has 6 heteroatoms. The van der Waals surface area contributed by atoms with Crippen LogP contribution in [0.2, 0.25) is 0 Å². The lowest BCUT2D eigenvalue weighted by Crippen LogP contribution is -3.00. The number of amides is 1. The lowest BCUT2D eigenvalue weighted by atomic mass is 9.95. The van der Waals surface area contributed by atoms with E-state index in [2.05, 4.69) is 10.6 Å². The maximum Gasteiger partial charge on any atom is 0.305 e. The van der Waals surface area contributed by atoms with Gasteiger partial charge in [0.25, 0.3) is 5.69 Å². The third-order valence-corrected chi connectivity index (χ3v) is 3.10. The summed E-state index contributed by atoms with van der Waals surface area (Å²) in [5.41, 5.74) is 0.905. The number of nitrogens with one attached hydrogen (secondary N) is 1. The highest BCUT2D eigenvalue weighted by Gasteiger charge is 2.30. The fourth-order valence-electron chi connectivity index (χ4n) is 2.26. The van der Waals surface area contributed by atoms with Crippen LogP contribution >= 0.6 is 0 Å². The lowest BCUT2D eigenvalue weighted by molar-refractivity contribution is -0.791. The zero-order chi connectivity index (χ0) is 11.5. The highest BCUT2D eigenvalue weighted by atomic mass is 35.5. The van der Waals surface area contributed by atoms with Gasteiger partial charge in [-0.05, 0) is 17.5 Å². The molecule has 0 unspecified atom stereocenters. The van der Waals surface area contributed by atoms with Gasteiger partial charge < -0.3 is 12.4 Å². The van der Waals surface area contributed by atoms with Crippen molar-refractivity contribution in [3.05, 3.63) is 5.69 Å². The Bertz CT molecular complexity index is 386. The van der Waals surface area contributed by atoms with Crippen LogP contribution in [0.1, 0.15) is 50.8 Å². The van der Waals surface area contributed by atoms with E-state index in [1.165, 1.54) is 26.2 Å². The van der Waals surface area contributed by atoms with E-state index >= 15 is 0 Å². The van der Waals surface area contributed by atoms with Gasteiger partial charge in [-0.1, -0.05) is 6.42 Å². The van der Waals surface area contributed by atoms with Crippen molar-refractivity contribution in [1.82, 2.24) is 5.27 Å². The summed E-state index contributed by atoms with van der Waals surface area (Å²) in [5, 5.41) is 6.66. The van der Waals surface area contributed by atoms with E-state index in [0.29, 0.717) is 11.9 Å². The third-order valence-electron chi connectivity index (χ3n) is 3.10. The molecule has 2 rings (SSSR count). The van der Waals surface area contributed by atoms with E-state index in [1.54, 1.807) is 0 Å². The van der Waals surface area contributed by atoms with Crippen LogP contribution in [0.3, 0.4) is 0 Å². The zero-order valence-corrected chi connectivity index (χ0v) is 11.0. The number of nitrogens with zero attached hydrogens (tertiary/aromatic N) is 2. The first-order valence-corrected chi connectivity index (χ1v) is 5.84. The molecule has 1 amide bonds. The quantitative estimate of drug-likeness (QED) is 0.675. The molecule has 0 aliphatic heterocycles. The topological polar surface area (TPSA) is 59.0 Å². The summed E-state index contributed by atoms with van der Waals surface area (Å²) < 4.78 is 7.05. The van der Waals surface area contributed by atoms with Crippen LogP contribution in [0.25, 0.3) is 0 Å². The molecular formula is C11H18ClN3O2. The van der Waals surface area contributed by atoms with Crippen molar-refractivity contribution in [3.63, 3.8) is 0 Å². The Morgan fingerprint density at radius 3 is 2.65 bits per heavy atom. The van der Waals surface area contributed by atoms with E-state index in [9.17, 15) is 4.79 Å². The molecule has 1 heterocycles. The monoisotopic (exact) mass is 259 g/mol. The van der Waals surface area contributed by atoms with E-state index in [1.807, 2.05) is 11.6 Å². The first kappa shape index (κ1) is 14.0. The highest BCUT2D eigenvalue weighted by molar-refractivity contribution is 5.87. The van der Waals surface area contributed by atoms with Crippen LogP contribution in [0.5, 0.6) is 0 Å². The molecule has 5 nitrogen and oxygen atoms in total. The molecule has 0 aromatic carbocycles. The van der Waals surface area contributed by atoms with Crippen molar-refractivity contribution < 1.29 is 26.4 Å². The Morgan fingerprint density at radius 1 is 1.41 bits per heavy atom. The van der Waals surface area contributed by atoms with Gasteiger partial charge in [0.2, 0.25) is 11.2 Å². The molecule has 1 N–H and O–H groups in total. The normalized spacial score (nSPS) is 16.4. The van der Waals surface area contributed by atoms with E-state index in [0.717, 1.165) is 18.5 Å². The largest absolute Gasteiger partial charge is 1.00 e. The van der Waals surface area contributed by atoms with E-state index in [4.69, 9.17) is 4.52 Å². The summed E-state index contributed by atoms with van der Waals surface area (Å²) in [6.07, 6.45) is 6.11. The number of aromatic nitrogens is 2. The summed E-state index contributed by atoms with van der Waals surface area (Å²) in [5.74, 6) is 0.341. The van der Waals surface area contributed by atoms with Crippen molar-refractivity contribution in [2.75, 3.05) is 5.32 Å². The SMILES string of the molecule is CC(=O)Nc1on[n+](C2CCCCC2)c1C.[Cl-]. The van der Waals surface area contributed by atoms with Crippen molar-refractivity contribution >= 4 is 11.8 Å². The standard InChI is InChI=1S/C11H17N3O2.ClH/c1-8-11(12-9(2)15)16-13-14(8)10-6-4-3-5-7-10;/h10H,3-7H2,1-2H3;1H. The molecule has 0 atom stereocenters. The fourth-order valence-corrected chi connectivity index (χ4v) is 2.26. The minimum atomic E-state index is -0.130. The maximum absolute atomic E-state index is 10.9. The fraction of sp³-hybridized carbons (Fsp3) is 0.727. The van der Waals surface area contributed by atoms with Crippen molar-refractivity contribution in [2.45, 2.75) is 52.0 Å².